The van der Waals surface area contributed by atoms with Crippen molar-refractivity contribution < 1.29 is 27.2 Å². The number of hydrogen-bond donors (Lipinski definition) is 0. The van der Waals surface area contributed by atoms with E-state index in [0.717, 1.165) is 12.1 Å². The van der Waals surface area contributed by atoms with Crippen LogP contribution in [0, 0.1) is 10.1 Å². The fraction of sp³-hybridized carbons (Fsp3) is 0.200. The molecule has 0 aromatic heterocycles. The number of benzene rings is 2. The molecular weight excluding hydrogens is 346 g/mol. The average molecular weight is 359 g/mol. The van der Waals surface area contributed by atoms with Crippen molar-refractivity contribution >= 4 is 18.4 Å². The summed E-state index contributed by atoms with van der Waals surface area (Å²) in [5.41, 5.74) is -1.09. The molecule has 2 aromatic carbocycles. The zero-order chi connectivity index (χ0) is 18.0. The van der Waals surface area contributed by atoms with Gasteiger partial charge in [-0.3, -0.25) is 14.7 Å². The summed E-state index contributed by atoms with van der Waals surface area (Å²) >= 11 is 0. The van der Waals surface area contributed by atoms with Crippen molar-refractivity contribution in [2.45, 2.75) is 13.1 Å². The Hall–Kier alpha value is -2.34. The van der Waals surface area contributed by atoms with Gasteiger partial charge in [0.2, 0.25) is 0 Å². The van der Waals surface area contributed by atoms with E-state index in [1.165, 1.54) is 43.3 Å². The number of halogens is 3. The fourth-order valence-electron chi connectivity index (χ4n) is 1.99. The molecule has 1 unspecified atom stereocenters. The van der Waals surface area contributed by atoms with E-state index in [2.05, 4.69) is 0 Å². The third-order valence-corrected chi connectivity index (χ3v) is 5.69. The molecule has 0 saturated heterocycles. The number of alkyl halides is 3. The molecule has 0 amide bonds. The van der Waals surface area contributed by atoms with Crippen LogP contribution in [0.3, 0.4) is 0 Å². The van der Waals surface area contributed by atoms with Crippen molar-refractivity contribution in [3.05, 3.63) is 64.2 Å². The van der Waals surface area contributed by atoms with Gasteiger partial charge < -0.3 is 4.52 Å². The van der Waals surface area contributed by atoms with Gasteiger partial charge in [-0.05, 0) is 30.3 Å². The van der Waals surface area contributed by atoms with Crippen LogP contribution >= 0.6 is 7.37 Å². The van der Waals surface area contributed by atoms with Crippen LogP contribution < -0.4 is 9.83 Å². The van der Waals surface area contributed by atoms with Gasteiger partial charge in [-0.15, -0.1) is 0 Å². The zero-order valence-electron chi connectivity index (χ0n) is 12.5. The summed E-state index contributed by atoms with van der Waals surface area (Å²) in [6.07, 6.45) is -4.58. The molecule has 2 rings (SSSR count). The fourth-order valence-corrected chi connectivity index (χ4v) is 3.70. The average Bonchev–Trinajstić information content (AvgIpc) is 2.54. The summed E-state index contributed by atoms with van der Waals surface area (Å²) < 4.78 is 56.8. The molecule has 0 saturated carbocycles. The molecule has 9 heteroatoms. The molecule has 0 heterocycles. The molecule has 0 aliphatic heterocycles. The summed E-state index contributed by atoms with van der Waals surface area (Å²) in [7, 11) is -3.58. The highest BCUT2D eigenvalue weighted by Crippen LogP contribution is 2.46. The lowest BCUT2D eigenvalue weighted by molar-refractivity contribution is -0.384. The molecule has 5 nitrogen and oxygen atoms in total. The van der Waals surface area contributed by atoms with E-state index in [9.17, 15) is 27.9 Å². The van der Waals surface area contributed by atoms with Gasteiger partial charge in [0.1, 0.15) is 5.75 Å². The molecule has 0 bridgehead atoms. The molecular formula is C15H13F3NO4P. The van der Waals surface area contributed by atoms with E-state index in [4.69, 9.17) is 4.52 Å². The van der Waals surface area contributed by atoms with Crippen LogP contribution in [0.25, 0.3) is 0 Å². The zero-order valence-corrected chi connectivity index (χ0v) is 13.4. The molecule has 24 heavy (non-hydrogen) atoms. The first-order chi connectivity index (χ1) is 11.2. The van der Waals surface area contributed by atoms with E-state index in [1.54, 1.807) is 0 Å². The number of nitro groups is 1. The van der Waals surface area contributed by atoms with Gasteiger partial charge >= 0.3 is 6.18 Å². The Labute approximate surface area is 135 Å². The van der Waals surface area contributed by atoms with E-state index in [-0.39, 0.29) is 22.9 Å². The van der Waals surface area contributed by atoms with Gasteiger partial charge in [0.05, 0.1) is 10.5 Å². The standard InChI is InChI=1S/C15H13F3NO4P/c1-2-24(22,14-5-3-4-11(10-14)15(16,17)18)23-13-8-6-12(7-9-13)19(20)21/h3-10H,2H2,1H3. The van der Waals surface area contributed by atoms with Crippen molar-refractivity contribution in [3.8, 4) is 5.75 Å². The van der Waals surface area contributed by atoms with Crippen LogP contribution in [0.15, 0.2) is 48.5 Å². The van der Waals surface area contributed by atoms with E-state index in [1.807, 2.05) is 0 Å². The van der Waals surface area contributed by atoms with Gasteiger partial charge in [-0.25, -0.2) is 0 Å². The predicted octanol–water partition coefficient (Wildman–Crippen LogP) is 4.62. The summed E-state index contributed by atoms with van der Waals surface area (Å²) in [5, 5.41) is 10.6. The van der Waals surface area contributed by atoms with E-state index < -0.39 is 24.0 Å². The Kier molecular flexibility index (Phi) is 4.99. The normalized spacial score (nSPS) is 14.0. The molecule has 0 spiro atoms. The largest absolute Gasteiger partial charge is 0.440 e. The summed E-state index contributed by atoms with van der Waals surface area (Å²) in [5.74, 6) is 0.0863. The Morgan fingerprint density at radius 3 is 2.29 bits per heavy atom. The highest BCUT2D eigenvalue weighted by molar-refractivity contribution is 7.67. The van der Waals surface area contributed by atoms with E-state index in [0.29, 0.717) is 0 Å². The van der Waals surface area contributed by atoms with Gasteiger partial charge in [-0.1, -0.05) is 13.0 Å². The number of nitrogens with zero attached hydrogens (tertiary/aromatic N) is 1. The van der Waals surface area contributed by atoms with E-state index >= 15 is 0 Å². The smallest absolute Gasteiger partial charge is 0.416 e. The van der Waals surface area contributed by atoms with Crippen molar-refractivity contribution in [1.29, 1.82) is 0 Å². The lowest BCUT2D eigenvalue weighted by Gasteiger charge is -2.19. The monoisotopic (exact) mass is 359 g/mol. The van der Waals surface area contributed by atoms with Crippen molar-refractivity contribution in [1.82, 2.24) is 0 Å². The molecule has 2 aromatic rings. The van der Waals surface area contributed by atoms with Crippen LogP contribution in [0.5, 0.6) is 5.75 Å². The van der Waals surface area contributed by atoms with Crippen LogP contribution in [-0.4, -0.2) is 11.1 Å². The number of nitro benzene ring substituents is 1. The quantitative estimate of drug-likeness (QED) is 0.444. The van der Waals surface area contributed by atoms with Crippen LogP contribution in [0.1, 0.15) is 12.5 Å². The maximum absolute atomic E-state index is 12.9. The first-order valence-electron chi connectivity index (χ1n) is 6.86. The van der Waals surface area contributed by atoms with Crippen LogP contribution in [0.2, 0.25) is 0 Å². The maximum atomic E-state index is 12.9. The first-order valence-corrected chi connectivity index (χ1v) is 8.67. The maximum Gasteiger partial charge on any atom is 0.416 e. The topological polar surface area (TPSA) is 69.4 Å². The molecule has 0 radical (unpaired) electrons. The third kappa shape index (κ3) is 3.94. The van der Waals surface area contributed by atoms with Gasteiger partial charge in [0, 0.05) is 23.6 Å². The Morgan fingerprint density at radius 2 is 1.79 bits per heavy atom. The summed E-state index contributed by atoms with van der Waals surface area (Å²) in [6.45, 7) is 1.53. The van der Waals surface area contributed by atoms with Gasteiger partial charge in [0.15, 0.2) is 0 Å². The highest BCUT2D eigenvalue weighted by atomic mass is 31.2. The Morgan fingerprint density at radius 1 is 1.17 bits per heavy atom. The van der Waals surface area contributed by atoms with Crippen molar-refractivity contribution in [3.63, 3.8) is 0 Å². The molecule has 128 valence electrons. The summed E-state index contributed by atoms with van der Waals surface area (Å²) in [6, 6.07) is 9.01. The molecule has 0 N–H and O–H groups in total. The van der Waals surface area contributed by atoms with Crippen molar-refractivity contribution in [2.24, 2.45) is 0 Å². The number of rotatable bonds is 5. The van der Waals surface area contributed by atoms with Crippen LogP contribution in [0.4, 0.5) is 18.9 Å². The highest BCUT2D eigenvalue weighted by Gasteiger charge is 2.33. The minimum absolute atomic E-state index is 0.0225. The summed E-state index contributed by atoms with van der Waals surface area (Å²) in [4.78, 5) is 10.0. The van der Waals surface area contributed by atoms with Gasteiger partial charge in [-0.2, -0.15) is 13.2 Å². The molecule has 1 atom stereocenters. The second-order valence-electron chi connectivity index (χ2n) is 4.88. The Balaban J connectivity index is 2.35. The Bertz CT molecular complexity index is 790. The second-order valence-corrected chi connectivity index (χ2v) is 7.56. The van der Waals surface area contributed by atoms with Gasteiger partial charge in [0.25, 0.3) is 13.1 Å². The third-order valence-electron chi connectivity index (χ3n) is 3.28. The number of non-ortho nitro benzene ring substituents is 1. The molecule has 0 fully saturated rings. The number of hydrogen-bond acceptors (Lipinski definition) is 4. The lowest BCUT2D eigenvalue weighted by Crippen LogP contribution is -2.15. The minimum atomic E-state index is -4.55. The molecule has 0 aliphatic rings. The second kappa shape index (κ2) is 6.65. The SMILES string of the molecule is CCP(=O)(Oc1ccc([N+](=O)[O-])cc1)c1cccc(C(F)(F)F)c1. The molecule has 0 aliphatic carbocycles. The first kappa shape index (κ1) is 18.0. The predicted molar refractivity (Wildman–Crippen MR) is 82.9 cm³/mol. The van der Waals surface area contributed by atoms with Crippen molar-refractivity contribution in [2.75, 3.05) is 6.16 Å². The van der Waals surface area contributed by atoms with Crippen LogP contribution in [-0.2, 0) is 10.7 Å². The lowest BCUT2D eigenvalue weighted by atomic mass is 10.2. The minimum Gasteiger partial charge on any atom is -0.440 e.